The molecule has 0 atom stereocenters. The van der Waals surface area contributed by atoms with Gasteiger partial charge in [0.25, 0.3) is 0 Å². The quantitative estimate of drug-likeness (QED) is 0.775. The summed E-state index contributed by atoms with van der Waals surface area (Å²) in [5, 5.41) is 0. The van der Waals surface area contributed by atoms with Crippen LogP contribution in [0.3, 0.4) is 0 Å². The van der Waals surface area contributed by atoms with Crippen LogP contribution in [0.25, 0.3) is 11.0 Å². The number of aromatic nitrogens is 2. The predicted molar refractivity (Wildman–Crippen MR) is 75.4 cm³/mol. The van der Waals surface area contributed by atoms with Crippen LogP contribution < -0.4 is 5.73 Å². The maximum absolute atomic E-state index is 5.80. The number of benzene rings is 1. The molecule has 0 unspecified atom stereocenters. The first kappa shape index (κ1) is 11.6. The van der Waals surface area contributed by atoms with E-state index in [9.17, 15) is 0 Å². The van der Waals surface area contributed by atoms with E-state index >= 15 is 0 Å². The van der Waals surface area contributed by atoms with Crippen molar-refractivity contribution < 1.29 is 0 Å². The van der Waals surface area contributed by atoms with E-state index in [1.54, 1.807) is 0 Å². The van der Waals surface area contributed by atoms with Gasteiger partial charge in [0.2, 0.25) is 0 Å². The second-order valence-electron chi connectivity index (χ2n) is 6.30. The normalized spacial score (nSPS) is 20.3. The molecule has 0 radical (unpaired) electrons. The number of rotatable bonds is 1. The van der Waals surface area contributed by atoms with Crippen molar-refractivity contribution in [1.29, 1.82) is 0 Å². The minimum atomic E-state index is 0.511. The van der Waals surface area contributed by atoms with E-state index in [1.807, 2.05) is 18.5 Å². The minimum Gasteiger partial charge on any atom is -0.399 e. The van der Waals surface area contributed by atoms with Crippen LogP contribution in [-0.4, -0.2) is 9.55 Å². The lowest BCUT2D eigenvalue weighted by molar-refractivity contribution is 0.196. The van der Waals surface area contributed by atoms with E-state index in [0.29, 0.717) is 11.5 Å². The third-order valence-electron chi connectivity index (χ3n) is 4.30. The van der Waals surface area contributed by atoms with Crippen LogP contribution in [0.4, 0.5) is 5.69 Å². The van der Waals surface area contributed by atoms with E-state index in [4.69, 9.17) is 5.73 Å². The average Bonchev–Trinajstić information content (AvgIpc) is 2.72. The Kier molecular flexibility index (Phi) is 2.58. The van der Waals surface area contributed by atoms with Gasteiger partial charge in [-0.2, -0.15) is 0 Å². The fourth-order valence-electron chi connectivity index (χ4n) is 3.00. The molecule has 0 saturated heterocycles. The highest BCUT2D eigenvalue weighted by Crippen LogP contribution is 2.40. The van der Waals surface area contributed by atoms with Crippen molar-refractivity contribution in [3.8, 4) is 0 Å². The molecule has 0 amide bonds. The lowest BCUT2D eigenvalue weighted by atomic mass is 9.75. The van der Waals surface area contributed by atoms with Gasteiger partial charge in [0.15, 0.2) is 0 Å². The number of hydrogen-bond donors (Lipinski definition) is 1. The Morgan fingerprint density at radius 2 is 2.00 bits per heavy atom. The van der Waals surface area contributed by atoms with E-state index < -0.39 is 0 Å². The van der Waals surface area contributed by atoms with Crippen molar-refractivity contribution in [2.24, 2.45) is 5.41 Å². The Labute approximate surface area is 108 Å². The lowest BCUT2D eigenvalue weighted by Gasteiger charge is -2.35. The van der Waals surface area contributed by atoms with Gasteiger partial charge in [0, 0.05) is 11.7 Å². The summed E-state index contributed by atoms with van der Waals surface area (Å²) in [6, 6.07) is 6.62. The Bertz CT molecular complexity index is 558. The highest BCUT2D eigenvalue weighted by atomic mass is 15.1. The SMILES string of the molecule is CC1(C)CCC(n2cnc3cc(N)ccc32)CC1. The standard InChI is InChI=1S/C15H21N3/c1-15(2)7-5-12(6-8-15)18-10-17-13-9-11(16)3-4-14(13)18/h3-4,9-10,12H,5-8,16H2,1-2H3. The molecular formula is C15H21N3. The number of imidazole rings is 1. The summed E-state index contributed by atoms with van der Waals surface area (Å²) in [6.45, 7) is 4.74. The van der Waals surface area contributed by atoms with Gasteiger partial charge in [-0.3, -0.25) is 0 Å². The molecule has 1 aliphatic carbocycles. The molecule has 2 aromatic rings. The molecule has 1 fully saturated rings. The zero-order valence-corrected chi connectivity index (χ0v) is 11.2. The van der Waals surface area contributed by atoms with Gasteiger partial charge in [-0.1, -0.05) is 13.8 Å². The first-order valence-corrected chi connectivity index (χ1v) is 6.77. The van der Waals surface area contributed by atoms with Crippen molar-refractivity contribution in [1.82, 2.24) is 9.55 Å². The highest BCUT2D eigenvalue weighted by Gasteiger charge is 2.28. The minimum absolute atomic E-state index is 0.511. The summed E-state index contributed by atoms with van der Waals surface area (Å²) < 4.78 is 2.34. The summed E-state index contributed by atoms with van der Waals surface area (Å²) in [4.78, 5) is 4.47. The maximum Gasteiger partial charge on any atom is 0.0960 e. The fourth-order valence-corrected chi connectivity index (χ4v) is 3.00. The molecule has 1 heterocycles. The molecule has 3 nitrogen and oxygen atoms in total. The highest BCUT2D eigenvalue weighted by molar-refractivity contribution is 5.79. The summed E-state index contributed by atoms with van der Waals surface area (Å²) in [5.41, 5.74) is 9.33. The number of anilines is 1. The molecule has 1 saturated carbocycles. The Morgan fingerprint density at radius 1 is 1.28 bits per heavy atom. The van der Waals surface area contributed by atoms with E-state index in [2.05, 4.69) is 29.5 Å². The van der Waals surface area contributed by atoms with Crippen LogP contribution in [0.2, 0.25) is 0 Å². The largest absolute Gasteiger partial charge is 0.399 e. The van der Waals surface area contributed by atoms with Gasteiger partial charge in [-0.15, -0.1) is 0 Å². The maximum atomic E-state index is 5.80. The molecule has 2 N–H and O–H groups in total. The number of hydrogen-bond acceptors (Lipinski definition) is 2. The number of fused-ring (bicyclic) bond motifs is 1. The van der Waals surface area contributed by atoms with Crippen molar-refractivity contribution in [2.75, 3.05) is 5.73 Å². The van der Waals surface area contributed by atoms with Crippen molar-refractivity contribution in [3.63, 3.8) is 0 Å². The third kappa shape index (κ3) is 1.98. The van der Waals surface area contributed by atoms with Crippen molar-refractivity contribution in [3.05, 3.63) is 24.5 Å². The summed E-state index contributed by atoms with van der Waals surface area (Å²) in [5.74, 6) is 0. The number of nitrogen functional groups attached to an aromatic ring is 1. The summed E-state index contributed by atoms with van der Waals surface area (Å²) in [6.07, 6.45) is 7.08. The van der Waals surface area contributed by atoms with Gasteiger partial charge in [-0.05, 0) is 49.3 Å². The molecule has 0 bridgehead atoms. The Balaban J connectivity index is 1.91. The first-order chi connectivity index (χ1) is 8.55. The molecule has 18 heavy (non-hydrogen) atoms. The molecule has 3 heteroatoms. The van der Waals surface area contributed by atoms with Gasteiger partial charge >= 0.3 is 0 Å². The molecular weight excluding hydrogens is 222 g/mol. The molecule has 1 aromatic carbocycles. The molecule has 96 valence electrons. The second kappa shape index (κ2) is 4.01. The van der Waals surface area contributed by atoms with Gasteiger partial charge in [0.05, 0.1) is 17.4 Å². The number of nitrogens with zero attached hydrogens (tertiary/aromatic N) is 2. The van der Waals surface area contributed by atoms with Crippen LogP contribution in [0.1, 0.15) is 45.6 Å². The zero-order chi connectivity index (χ0) is 12.8. The fraction of sp³-hybridized carbons (Fsp3) is 0.533. The number of nitrogens with two attached hydrogens (primary N) is 1. The second-order valence-corrected chi connectivity index (χ2v) is 6.30. The molecule has 1 aliphatic rings. The van der Waals surface area contributed by atoms with Gasteiger partial charge in [0.1, 0.15) is 0 Å². The van der Waals surface area contributed by atoms with Crippen LogP contribution in [0.15, 0.2) is 24.5 Å². The lowest BCUT2D eigenvalue weighted by Crippen LogP contribution is -2.23. The van der Waals surface area contributed by atoms with Crippen LogP contribution in [0, 0.1) is 5.41 Å². The Hall–Kier alpha value is -1.51. The third-order valence-corrected chi connectivity index (χ3v) is 4.30. The smallest absolute Gasteiger partial charge is 0.0960 e. The summed E-state index contributed by atoms with van der Waals surface area (Å²) in [7, 11) is 0. The molecule has 0 aliphatic heterocycles. The monoisotopic (exact) mass is 243 g/mol. The molecule has 3 rings (SSSR count). The average molecular weight is 243 g/mol. The predicted octanol–water partition coefficient (Wildman–Crippen LogP) is 3.76. The van der Waals surface area contributed by atoms with Crippen LogP contribution in [0.5, 0.6) is 0 Å². The van der Waals surface area contributed by atoms with E-state index in [0.717, 1.165) is 11.2 Å². The molecule has 0 spiro atoms. The zero-order valence-electron chi connectivity index (χ0n) is 11.2. The van der Waals surface area contributed by atoms with Crippen LogP contribution >= 0.6 is 0 Å². The Morgan fingerprint density at radius 3 is 2.72 bits per heavy atom. The van der Waals surface area contributed by atoms with Crippen LogP contribution in [-0.2, 0) is 0 Å². The topological polar surface area (TPSA) is 43.8 Å². The van der Waals surface area contributed by atoms with Gasteiger partial charge < -0.3 is 10.3 Å². The van der Waals surface area contributed by atoms with Gasteiger partial charge in [-0.25, -0.2) is 4.98 Å². The van der Waals surface area contributed by atoms with E-state index in [1.165, 1.54) is 31.2 Å². The molecule has 1 aromatic heterocycles. The first-order valence-electron chi connectivity index (χ1n) is 6.77. The van der Waals surface area contributed by atoms with Crippen molar-refractivity contribution >= 4 is 16.7 Å². The van der Waals surface area contributed by atoms with E-state index in [-0.39, 0.29) is 0 Å². The van der Waals surface area contributed by atoms with Crippen molar-refractivity contribution in [2.45, 2.75) is 45.6 Å². The summed E-state index contributed by atoms with van der Waals surface area (Å²) >= 11 is 0.